The molecule has 0 atom stereocenters. The van der Waals surface area contributed by atoms with Crippen molar-refractivity contribution in [3.63, 3.8) is 0 Å². The summed E-state index contributed by atoms with van der Waals surface area (Å²) in [4.78, 5) is 12.0. The third-order valence-electron chi connectivity index (χ3n) is 10.2. The molecular formula is C52H33N3OS. The molecule has 0 unspecified atom stereocenters. The summed E-state index contributed by atoms with van der Waals surface area (Å²) in [6.45, 7) is 0. The van der Waals surface area contributed by atoms with Crippen LogP contribution in [0.1, 0.15) is 8.22 Å². The molecule has 0 fully saturated rings. The first kappa shape index (κ1) is 27.3. The highest BCUT2D eigenvalue weighted by Gasteiger charge is 2.19. The Morgan fingerprint density at radius 2 is 1.11 bits per heavy atom. The van der Waals surface area contributed by atoms with Gasteiger partial charge in [0.15, 0.2) is 11.4 Å². The van der Waals surface area contributed by atoms with Crippen LogP contribution in [0.3, 0.4) is 0 Å². The highest BCUT2D eigenvalue weighted by atomic mass is 32.1. The molecule has 0 spiro atoms. The molecule has 11 aromatic rings. The normalized spacial score (nSPS) is 13.0. The molecule has 8 aromatic carbocycles. The van der Waals surface area contributed by atoms with Gasteiger partial charge in [-0.2, -0.15) is 0 Å². The van der Waals surface area contributed by atoms with E-state index in [9.17, 15) is 5.48 Å². The molecule has 268 valence electrons. The van der Waals surface area contributed by atoms with Crippen LogP contribution in [0.4, 0.5) is 17.1 Å². The van der Waals surface area contributed by atoms with Crippen molar-refractivity contribution in [3.05, 3.63) is 200 Å². The fraction of sp³-hybridized carbons (Fsp3) is 0. The summed E-state index contributed by atoms with van der Waals surface area (Å²) in [5, 5.41) is 1.27. The van der Waals surface area contributed by atoms with E-state index in [1.54, 1.807) is 0 Å². The van der Waals surface area contributed by atoms with Crippen LogP contribution in [0.2, 0.25) is 0 Å². The second-order valence-electron chi connectivity index (χ2n) is 13.7. The van der Waals surface area contributed by atoms with Gasteiger partial charge in [-0.25, -0.2) is 9.97 Å². The first-order chi connectivity index (χ1) is 30.8. The number of nitrogens with zero attached hydrogens (tertiary/aromatic N) is 3. The maximum atomic E-state index is 9.65. The van der Waals surface area contributed by atoms with E-state index in [2.05, 4.69) is 53.4 Å². The van der Waals surface area contributed by atoms with Crippen molar-refractivity contribution in [1.82, 2.24) is 9.97 Å². The van der Waals surface area contributed by atoms with E-state index in [0.717, 1.165) is 39.1 Å². The van der Waals surface area contributed by atoms with E-state index in [0.29, 0.717) is 42.9 Å². The van der Waals surface area contributed by atoms with Gasteiger partial charge in [0.1, 0.15) is 16.8 Å². The number of thiophene rings is 1. The minimum atomic E-state index is -0.291. The molecule has 0 bridgehead atoms. The summed E-state index contributed by atoms with van der Waals surface area (Å²) in [5.41, 5.74) is 9.10. The highest BCUT2D eigenvalue weighted by molar-refractivity contribution is 7.26. The van der Waals surface area contributed by atoms with Crippen LogP contribution in [-0.2, 0) is 0 Å². The Kier molecular flexibility index (Phi) is 6.58. The molecule has 4 nitrogen and oxygen atoms in total. The summed E-state index contributed by atoms with van der Waals surface area (Å²) >= 11 is 1.19. The molecular weight excluding hydrogens is 715 g/mol. The van der Waals surface area contributed by atoms with Gasteiger partial charge in [0.05, 0.1) is 8.22 Å². The van der Waals surface area contributed by atoms with Gasteiger partial charge in [-0.1, -0.05) is 145 Å². The quantitative estimate of drug-likeness (QED) is 0.163. The zero-order valence-corrected chi connectivity index (χ0v) is 31.1. The molecule has 0 aliphatic rings. The van der Waals surface area contributed by atoms with E-state index >= 15 is 0 Å². The number of furan rings is 1. The Bertz CT molecular complexity index is 3560. The lowest BCUT2D eigenvalue weighted by Crippen LogP contribution is -2.09. The number of benzene rings is 8. The topological polar surface area (TPSA) is 42.2 Å². The maximum Gasteiger partial charge on any atom is 0.180 e. The molecule has 0 radical (unpaired) electrons. The SMILES string of the molecule is [2H]c1c([2H])c([2H])c2c(sc3c([2H])c(-c4nc(-c5ccccc5)c5oc6ccccc6c5n4)c([2H])c([2H])c32)c1-c1ccc(N(c2ccccc2)c2ccc(-c3ccccc3)cc2)cc1. The molecule has 3 aromatic heterocycles. The van der Waals surface area contributed by atoms with Crippen molar-refractivity contribution in [1.29, 1.82) is 0 Å². The summed E-state index contributed by atoms with van der Waals surface area (Å²) in [6.07, 6.45) is 0. The lowest BCUT2D eigenvalue weighted by Gasteiger charge is -2.26. The average molecular weight is 754 g/mol. The second-order valence-corrected chi connectivity index (χ2v) is 14.7. The number of rotatable bonds is 7. The van der Waals surface area contributed by atoms with Crippen LogP contribution in [0.25, 0.3) is 87.1 Å². The van der Waals surface area contributed by atoms with Gasteiger partial charge in [-0.3, -0.25) is 0 Å². The number of hydrogen-bond acceptors (Lipinski definition) is 5. The monoisotopic (exact) mass is 753 g/mol. The molecule has 3 heterocycles. The predicted octanol–water partition coefficient (Wildman–Crippen LogP) is 14.9. The van der Waals surface area contributed by atoms with Crippen molar-refractivity contribution in [2.75, 3.05) is 4.90 Å². The van der Waals surface area contributed by atoms with Crippen molar-refractivity contribution >= 4 is 70.6 Å². The number of aromatic nitrogens is 2. The molecule has 0 aliphatic heterocycles. The van der Waals surface area contributed by atoms with Crippen LogP contribution < -0.4 is 4.90 Å². The number of fused-ring (bicyclic) bond motifs is 6. The standard InChI is InChI=1S/C52H33N3OS/c1-4-13-34(14-5-1)35-23-28-40(29-24-35)55(39-17-8-3-9-18-39)41-30-25-36(26-31-41)42-20-12-21-44-43-32-27-38(33-47(43)57-51(42)44)52-53-48(37-15-6-2-7-16-37)50-49(54-52)45-19-10-11-22-46(45)56-50/h1-33H/i12D,20D,21D,27D,32D,33D. The minimum Gasteiger partial charge on any atom is -0.452 e. The Morgan fingerprint density at radius 1 is 0.491 bits per heavy atom. The summed E-state index contributed by atoms with van der Waals surface area (Å²) in [5.74, 6) is 0.109. The summed E-state index contributed by atoms with van der Waals surface area (Å²) in [6, 6.07) is 52.4. The van der Waals surface area contributed by atoms with Gasteiger partial charge < -0.3 is 9.32 Å². The van der Waals surface area contributed by atoms with Crippen LogP contribution in [0.5, 0.6) is 0 Å². The first-order valence-electron chi connectivity index (χ1n) is 21.6. The third-order valence-corrected chi connectivity index (χ3v) is 11.3. The van der Waals surface area contributed by atoms with Crippen molar-refractivity contribution < 1.29 is 12.6 Å². The fourth-order valence-electron chi connectivity index (χ4n) is 7.46. The van der Waals surface area contributed by atoms with Crippen LogP contribution in [-0.4, -0.2) is 9.97 Å². The molecule has 0 saturated carbocycles. The van der Waals surface area contributed by atoms with Gasteiger partial charge in [-0.15, -0.1) is 11.3 Å². The highest BCUT2D eigenvalue weighted by Crippen LogP contribution is 2.43. The van der Waals surface area contributed by atoms with Gasteiger partial charge in [0.25, 0.3) is 0 Å². The van der Waals surface area contributed by atoms with Crippen LogP contribution >= 0.6 is 11.3 Å². The van der Waals surface area contributed by atoms with Gasteiger partial charge in [0.2, 0.25) is 0 Å². The van der Waals surface area contributed by atoms with E-state index in [1.165, 1.54) is 11.3 Å². The predicted molar refractivity (Wildman–Crippen MR) is 239 cm³/mol. The molecule has 0 N–H and O–H groups in total. The Morgan fingerprint density at radius 3 is 1.84 bits per heavy atom. The maximum absolute atomic E-state index is 9.65. The summed E-state index contributed by atoms with van der Waals surface area (Å²) < 4.78 is 62.9. The Hall–Kier alpha value is -7.34. The lowest BCUT2D eigenvalue weighted by atomic mass is 10.0. The average Bonchev–Trinajstić information content (AvgIpc) is 3.92. The van der Waals surface area contributed by atoms with E-state index in [4.69, 9.17) is 17.1 Å². The molecule has 0 amide bonds. The molecule has 5 heteroatoms. The second kappa shape index (κ2) is 13.7. The van der Waals surface area contributed by atoms with Crippen molar-refractivity contribution in [2.24, 2.45) is 0 Å². The van der Waals surface area contributed by atoms with Gasteiger partial charge in [0, 0.05) is 53.7 Å². The molecule has 0 saturated heterocycles. The largest absolute Gasteiger partial charge is 0.452 e. The van der Waals surface area contributed by atoms with E-state index in [1.807, 2.05) is 115 Å². The number of para-hydroxylation sites is 2. The van der Waals surface area contributed by atoms with Gasteiger partial charge >= 0.3 is 0 Å². The minimum absolute atomic E-state index is 0.0612. The molecule has 57 heavy (non-hydrogen) atoms. The summed E-state index contributed by atoms with van der Waals surface area (Å²) in [7, 11) is 0. The first-order valence-corrected chi connectivity index (χ1v) is 19.4. The zero-order valence-electron chi connectivity index (χ0n) is 36.2. The van der Waals surface area contributed by atoms with Crippen LogP contribution in [0.15, 0.2) is 204 Å². The number of anilines is 3. The van der Waals surface area contributed by atoms with Crippen LogP contribution in [0, 0.1) is 0 Å². The van der Waals surface area contributed by atoms with E-state index in [-0.39, 0.29) is 58.4 Å². The van der Waals surface area contributed by atoms with E-state index < -0.39 is 0 Å². The van der Waals surface area contributed by atoms with Gasteiger partial charge in [-0.05, 0) is 76.8 Å². The lowest BCUT2D eigenvalue weighted by molar-refractivity contribution is 0.667. The zero-order chi connectivity index (χ0) is 42.9. The Balaban J connectivity index is 1.07. The fourth-order valence-corrected chi connectivity index (χ4v) is 8.60. The van der Waals surface area contributed by atoms with Crippen molar-refractivity contribution in [3.8, 4) is 44.9 Å². The molecule has 11 rings (SSSR count). The smallest absolute Gasteiger partial charge is 0.180 e. The number of hydrogen-bond donors (Lipinski definition) is 0. The molecule has 0 aliphatic carbocycles. The van der Waals surface area contributed by atoms with Crippen molar-refractivity contribution in [2.45, 2.75) is 0 Å². The Labute approximate surface area is 342 Å². The third kappa shape index (κ3) is 5.84.